The van der Waals surface area contributed by atoms with E-state index < -0.39 is 0 Å². The molecule has 0 N–H and O–H groups in total. The van der Waals surface area contributed by atoms with E-state index in [-0.39, 0.29) is 0 Å². The molecule has 4 aromatic carbocycles. The minimum Gasteiger partial charge on any atom is -0.0616 e. The minimum atomic E-state index is 0.493. The molecular formula is C26H24. The standard InChI is InChI=1S/C26H24/c1-19-10-12-22(13-11-19)23-16-14-21(15-17-23)20(2)18-25-8-5-7-24-6-3-4-9-26(24)25/h3-17,20H,18H2,1-2H3. The van der Waals surface area contributed by atoms with Gasteiger partial charge in [-0.1, -0.05) is 103 Å². The molecule has 0 saturated carbocycles. The lowest BCUT2D eigenvalue weighted by Gasteiger charge is -2.15. The first kappa shape index (κ1) is 16.6. The zero-order valence-electron chi connectivity index (χ0n) is 15.4. The van der Waals surface area contributed by atoms with Gasteiger partial charge in [-0.2, -0.15) is 0 Å². The van der Waals surface area contributed by atoms with Gasteiger partial charge in [0.1, 0.15) is 0 Å². The third kappa shape index (κ3) is 3.41. The molecule has 1 atom stereocenters. The molecular weight excluding hydrogens is 312 g/mol. The van der Waals surface area contributed by atoms with E-state index in [1.165, 1.54) is 38.6 Å². The smallest absolute Gasteiger partial charge is 0.0150 e. The van der Waals surface area contributed by atoms with Crippen LogP contribution < -0.4 is 0 Å². The van der Waals surface area contributed by atoms with Crippen molar-refractivity contribution < 1.29 is 0 Å². The maximum Gasteiger partial charge on any atom is -0.0150 e. The van der Waals surface area contributed by atoms with Crippen molar-refractivity contribution in [3.05, 3.63) is 108 Å². The highest BCUT2D eigenvalue weighted by Crippen LogP contribution is 2.28. The second kappa shape index (κ2) is 7.17. The second-order valence-electron chi connectivity index (χ2n) is 7.23. The van der Waals surface area contributed by atoms with Crippen molar-refractivity contribution in [1.29, 1.82) is 0 Å². The third-order valence-electron chi connectivity index (χ3n) is 5.27. The Bertz CT molecular complexity index is 1000. The zero-order chi connectivity index (χ0) is 17.9. The van der Waals surface area contributed by atoms with Crippen LogP contribution in [-0.2, 0) is 6.42 Å². The molecule has 0 aliphatic rings. The summed E-state index contributed by atoms with van der Waals surface area (Å²) in [7, 11) is 0. The van der Waals surface area contributed by atoms with Crippen molar-refractivity contribution >= 4 is 10.8 Å². The van der Waals surface area contributed by atoms with Gasteiger partial charge in [0.2, 0.25) is 0 Å². The molecule has 4 aromatic rings. The average molecular weight is 336 g/mol. The van der Waals surface area contributed by atoms with Gasteiger partial charge in [0.05, 0.1) is 0 Å². The summed E-state index contributed by atoms with van der Waals surface area (Å²) in [4.78, 5) is 0. The Kier molecular flexibility index (Phi) is 4.58. The number of aryl methyl sites for hydroxylation is 1. The van der Waals surface area contributed by atoms with Crippen LogP contribution in [0.25, 0.3) is 21.9 Å². The van der Waals surface area contributed by atoms with Gasteiger partial charge in [-0.25, -0.2) is 0 Å². The van der Waals surface area contributed by atoms with E-state index in [2.05, 4.69) is 105 Å². The summed E-state index contributed by atoms with van der Waals surface area (Å²) in [5.74, 6) is 0.493. The molecule has 1 unspecified atom stereocenters. The molecule has 26 heavy (non-hydrogen) atoms. The molecule has 0 aliphatic heterocycles. The van der Waals surface area contributed by atoms with Gasteiger partial charge in [0, 0.05) is 0 Å². The predicted molar refractivity (Wildman–Crippen MR) is 113 cm³/mol. The van der Waals surface area contributed by atoms with Crippen molar-refractivity contribution in [3.8, 4) is 11.1 Å². The van der Waals surface area contributed by atoms with Crippen LogP contribution in [0.4, 0.5) is 0 Å². The van der Waals surface area contributed by atoms with E-state index in [0.717, 1.165) is 6.42 Å². The molecule has 0 heterocycles. The molecule has 0 nitrogen and oxygen atoms in total. The Balaban J connectivity index is 1.56. The number of fused-ring (bicyclic) bond motifs is 1. The monoisotopic (exact) mass is 336 g/mol. The maximum atomic E-state index is 2.32. The predicted octanol–water partition coefficient (Wildman–Crippen LogP) is 7.16. The van der Waals surface area contributed by atoms with Crippen molar-refractivity contribution in [1.82, 2.24) is 0 Å². The van der Waals surface area contributed by atoms with Crippen LogP contribution in [0.15, 0.2) is 91.0 Å². The summed E-state index contributed by atoms with van der Waals surface area (Å²) in [6, 6.07) is 33.1. The van der Waals surface area contributed by atoms with Gasteiger partial charge in [-0.3, -0.25) is 0 Å². The Morgan fingerprint density at radius 2 is 1.27 bits per heavy atom. The van der Waals surface area contributed by atoms with Crippen LogP contribution in [0.2, 0.25) is 0 Å². The molecule has 0 bridgehead atoms. The summed E-state index contributed by atoms with van der Waals surface area (Å²) in [6.45, 7) is 4.45. The lowest BCUT2D eigenvalue weighted by Crippen LogP contribution is -1.99. The normalized spacial score (nSPS) is 12.2. The lowest BCUT2D eigenvalue weighted by atomic mass is 9.90. The summed E-state index contributed by atoms with van der Waals surface area (Å²) in [5.41, 5.74) is 6.69. The minimum absolute atomic E-state index is 0.493. The number of benzene rings is 4. The molecule has 0 heteroatoms. The highest BCUT2D eigenvalue weighted by Gasteiger charge is 2.09. The number of hydrogen-bond donors (Lipinski definition) is 0. The van der Waals surface area contributed by atoms with E-state index in [1.807, 2.05) is 0 Å². The van der Waals surface area contributed by atoms with Crippen molar-refractivity contribution in [2.45, 2.75) is 26.2 Å². The van der Waals surface area contributed by atoms with Crippen LogP contribution >= 0.6 is 0 Å². The maximum absolute atomic E-state index is 2.32. The van der Waals surface area contributed by atoms with Crippen LogP contribution in [0.5, 0.6) is 0 Å². The van der Waals surface area contributed by atoms with Crippen molar-refractivity contribution in [2.24, 2.45) is 0 Å². The SMILES string of the molecule is Cc1ccc(-c2ccc(C(C)Cc3cccc4ccccc34)cc2)cc1. The average Bonchev–Trinajstić information content (AvgIpc) is 2.69. The topological polar surface area (TPSA) is 0 Å². The molecule has 0 aromatic heterocycles. The Hall–Kier alpha value is -2.86. The fourth-order valence-electron chi connectivity index (χ4n) is 3.67. The van der Waals surface area contributed by atoms with Crippen LogP contribution in [0, 0.1) is 6.92 Å². The van der Waals surface area contributed by atoms with E-state index in [9.17, 15) is 0 Å². The Morgan fingerprint density at radius 3 is 2.00 bits per heavy atom. The lowest BCUT2D eigenvalue weighted by molar-refractivity contribution is 0.763. The van der Waals surface area contributed by atoms with E-state index in [4.69, 9.17) is 0 Å². The van der Waals surface area contributed by atoms with Gasteiger partial charge >= 0.3 is 0 Å². The van der Waals surface area contributed by atoms with Crippen LogP contribution in [-0.4, -0.2) is 0 Å². The Labute approximate surface area is 156 Å². The van der Waals surface area contributed by atoms with Gasteiger partial charge < -0.3 is 0 Å². The largest absolute Gasteiger partial charge is 0.0616 e. The van der Waals surface area contributed by atoms with E-state index in [1.54, 1.807) is 0 Å². The highest BCUT2D eigenvalue weighted by atomic mass is 14.1. The Morgan fingerprint density at radius 1 is 0.654 bits per heavy atom. The van der Waals surface area contributed by atoms with E-state index in [0.29, 0.717) is 5.92 Å². The molecule has 0 aliphatic carbocycles. The number of rotatable bonds is 4. The molecule has 0 saturated heterocycles. The summed E-state index contributed by atoms with van der Waals surface area (Å²) in [6.07, 6.45) is 1.06. The fraction of sp³-hybridized carbons (Fsp3) is 0.154. The van der Waals surface area contributed by atoms with Crippen molar-refractivity contribution in [3.63, 3.8) is 0 Å². The molecule has 0 fully saturated rings. The van der Waals surface area contributed by atoms with Crippen LogP contribution in [0.1, 0.15) is 29.5 Å². The first-order valence-electron chi connectivity index (χ1n) is 9.34. The molecule has 0 spiro atoms. The molecule has 0 radical (unpaired) electrons. The van der Waals surface area contributed by atoms with E-state index >= 15 is 0 Å². The van der Waals surface area contributed by atoms with Gasteiger partial charge in [0.15, 0.2) is 0 Å². The molecule has 128 valence electrons. The summed E-state index contributed by atoms with van der Waals surface area (Å²) >= 11 is 0. The zero-order valence-corrected chi connectivity index (χ0v) is 15.4. The first-order chi connectivity index (χ1) is 12.7. The quantitative estimate of drug-likeness (QED) is 0.371. The van der Waals surface area contributed by atoms with Crippen LogP contribution in [0.3, 0.4) is 0 Å². The third-order valence-corrected chi connectivity index (χ3v) is 5.27. The molecule has 4 rings (SSSR count). The molecule has 0 amide bonds. The summed E-state index contributed by atoms with van der Waals surface area (Å²) < 4.78 is 0. The first-order valence-corrected chi connectivity index (χ1v) is 9.34. The second-order valence-corrected chi connectivity index (χ2v) is 7.23. The fourth-order valence-corrected chi connectivity index (χ4v) is 3.67. The van der Waals surface area contributed by atoms with Crippen molar-refractivity contribution in [2.75, 3.05) is 0 Å². The van der Waals surface area contributed by atoms with Gasteiger partial charge in [-0.15, -0.1) is 0 Å². The number of hydrogen-bond acceptors (Lipinski definition) is 0. The summed E-state index contributed by atoms with van der Waals surface area (Å²) in [5, 5.41) is 2.70. The van der Waals surface area contributed by atoms with Gasteiger partial charge in [-0.05, 0) is 52.3 Å². The van der Waals surface area contributed by atoms with Gasteiger partial charge in [0.25, 0.3) is 0 Å². The highest BCUT2D eigenvalue weighted by molar-refractivity contribution is 5.85.